The van der Waals surface area contributed by atoms with Crippen LogP contribution in [0.4, 0.5) is 0 Å². The van der Waals surface area contributed by atoms with E-state index in [-0.39, 0.29) is 51.3 Å². The van der Waals surface area contributed by atoms with Crippen LogP contribution in [0.1, 0.15) is 0 Å². The Morgan fingerprint density at radius 3 is 0.885 bits per heavy atom. The molecule has 0 amide bonds. The quantitative estimate of drug-likeness (QED) is 0.271. The Morgan fingerprint density at radius 2 is 0.692 bits per heavy atom. The van der Waals surface area contributed by atoms with Gasteiger partial charge in [0.25, 0.3) is 0 Å². The van der Waals surface area contributed by atoms with Crippen LogP contribution in [-0.4, -0.2) is 0 Å². The number of thioether (sulfide) groups is 2. The van der Waals surface area contributed by atoms with Gasteiger partial charge in [-0.2, -0.15) is 0 Å². The highest BCUT2D eigenvalue weighted by molar-refractivity contribution is 8.02. The summed E-state index contributed by atoms with van der Waals surface area (Å²) in [5, 5.41) is 4.31. The van der Waals surface area contributed by atoms with E-state index < -0.39 is 0 Å². The van der Waals surface area contributed by atoms with Crippen molar-refractivity contribution in [2.75, 3.05) is 0 Å². The molecule has 2 aromatic rings. The number of benzene rings is 2. The first kappa shape index (κ1) is 23.2. The van der Waals surface area contributed by atoms with Crippen molar-refractivity contribution in [2.24, 2.45) is 0 Å². The summed E-state index contributed by atoms with van der Waals surface area (Å²) in [6, 6.07) is 0. The second-order valence-corrected chi connectivity index (χ2v) is 9.47. The van der Waals surface area contributed by atoms with E-state index in [1.54, 1.807) is 10.8 Å². The lowest BCUT2D eigenvalue weighted by Crippen LogP contribution is -1.93. The van der Waals surface area contributed by atoms with Crippen molar-refractivity contribution in [3.8, 4) is 11.1 Å². The molecule has 10 heteroatoms. The van der Waals surface area contributed by atoms with Gasteiger partial charge in [-0.1, -0.05) is 129 Å². The normalized spacial score (nSPS) is 10.9. The summed E-state index contributed by atoms with van der Waals surface area (Å²) in [5.41, 5.74) is 0.483. The largest absolute Gasteiger partial charge is 0.0954 e. The lowest BCUT2D eigenvalue weighted by Gasteiger charge is -2.19. The Morgan fingerprint density at radius 1 is 0.462 bits per heavy atom. The third-order valence-corrected chi connectivity index (χ3v) is 8.58. The van der Waals surface area contributed by atoms with Crippen LogP contribution in [0, 0.1) is 0 Å². The second-order valence-electron chi connectivity index (χ2n) is 4.49. The lowest BCUT2D eigenvalue weighted by molar-refractivity contribution is 1.43. The topological polar surface area (TPSA) is 0 Å². The SMILES string of the molecule is C=CSc1c(Cl)c(Cl)c(-c2c(Cl)c(Cl)c(SC=C)c(Cl)c2Cl)c(Cl)c1Cl. The van der Waals surface area contributed by atoms with Crippen LogP contribution in [0.15, 0.2) is 33.8 Å². The molecule has 0 nitrogen and oxygen atoms in total. The summed E-state index contributed by atoms with van der Waals surface area (Å²) >= 11 is 53.6. The van der Waals surface area contributed by atoms with Crippen LogP contribution in [0.5, 0.6) is 0 Å². The van der Waals surface area contributed by atoms with Gasteiger partial charge in [0.2, 0.25) is 0 Å². The summed E-state index contributed by atoms with van der Waals surface area (Å²) in [7, 11) is 0. The molecule has 0 saturated carbocycles. The van der Waals surface area contributed by atoms with E-state index >= 15 is 0 Å². The molecule has 0 unspecified atom stereocenters. The minimum atomic E-state index is 0.116. The molecule has 0 aliphatic carbocycles. The predicted octanol–water partition coefficient (Wildman–Crippen LogP) is 11.1. The molecular weight excluding hydrogens is 540 g/mol. The fraction of sp³-hybridized carbons (Fsp3) is 0. The van der Waals surface area contributed by atoms with Crippen LogP contribution < -0.4 is 0 Å². The van der Waals surface area contributed by atoms with Gasteiger partial charge in [-0.25, -0.2) is 0 Å². The first-order valence-electron chi connectivity index (χ1n) is 6.46. The van der Waals surface area contributed by atoms with E-state index in [0.29, 0.717) is 9.79 Å². The maximum absolute atomic E-state index is 6.45. The molecule has 0 saturated heterocycles. The van der Waals surface area contributed by atoms with E-state index in [1.165, 1.54) is 23.5 Å². The Bertz CT molecular complexity index is 790. The van der Waals surface area contributed by atoms with Gasteiger partial charge in [-0.3, -0.25) is 0 Å². The number of halogens is 8. The number of hydrogen-bond donors (Lipinski definition) is 0. The molecule has 0 radical (unpaired) electrons. The van der Waals surface area contributed by atoms with Crippen LogP contribution in [0.3, 0.4) is 0 Å². The van der Waals surface area contributed by atoms with Crippen molar-refractivity contribution >= 4 is 116 Å². The predicted molar refractivity (Wildman–Crippen MR) is 124 cm³/mol. The van der Waals surface area contributed by atoms with Crippen LogP contribution in [0.2, 0.25) is 40.2 Å². The molecule has 0 aromatic heterocycles. The van der Waals surface area contributed by atoms with Crippen LogP contribution in [-0.2, 0) is 0 Å². The molecule has 138 valence electrons. The van der Waals surface area contributed by atoms with Gasteiger partial charge in [0.15, 0.2) is 0 Å². The molecule has 0 bridgehead atoms. The van der Waals surface area contributed by atoms with Gasteiger partial charge in [0.1, 0.15) is 0 Å². The van der Waals surface area contributed by atoms with E-state index in [0.717, 1.165) is 0 Å². The van der Waals surface area contributed by atoms with E-state index in [1.807, 2.05) is 0 Å². The highest BCUT2D eigenvalue weighted by Crippen LogP contribution is 2.56. The fourth-order valence-corrected chi connectivity index (χ4v) is 6.03. The highest BCUT2D eigenvalue weighted by Gasteiger charge is 2.28. The van der Waals surface area contributed by atoms with Crippen LogP contribution in [0.25, 0.3) is 11.1 Å². The van der Waals surface area contributed by atoms with Crippen molar-refractivity contribution in [3.63, 3.8) is 0 Å². The molecule has 2 rings (SSSR count). The standard InChI is InChI=1S/C16H6Cl8S2/c1-3-25-15-11(21)7(17)5(8(18)12(15)22)6-9(19)13(23)16(26-4-2)14(24)10(6)20/h3-4H,1-2H2. The van der Waals surface area contributed by atoms with Crippen molar-refractivity contribution in [1.29, 1.82) is 0 Å². The highest BCUT2D eigenvalue weighted by atomic mass is 35.5. The molecular formula is C16H6Cl8S2. The number of hydrogen-bond acceptors (Lipinski definition) is 2. The van der Waals surface area contributed by atoms with Crippen LogP contribution >= 0.6 is 116 Å². The molecule has 0 aliphatic heterocycles. The van der Waals surface area contributed by atoms with Gasteiger partial charge >= 0.3 is 0 Å². The van der Waals surface area contributed by atoms with Crippen molar-refractivity contribution in [2.45, 2.75) is 9.79 Å². The average molecular weight is 546 g/mol. The lowest BCUT2D eigenvalue weighted by atomic mass is 10.0. The Kier molecular flexibility index (Phi) is 8.60. The molecule has 0 fully saturated rings. The molecule has 2 aromatic carbocycles. The van der Waals surface area contributed by atoms with Crippen molar-refractivity contribution in [3.05, 3.63) is 64.2 Å². The minimum Gasteiger partial charge on any atom is -0.0954 e. The maximum atomic E-state index is 6.45. The molecule has 0 aliphatic rings. The average Bonchev–Trinajstić information content (AvgIpc) is 2.62. The number of rotatable bonds is 5. The first-order valence-corrected chi connectivity index (χ1v) is 11.2. The Balaban J connectivity index is 2.94. The Hall–Kier alpha value is 0.940. The summed E-state index contributed by atoms with van der Waals surface area (Å²) in [6.45, 7) is 7.26. The monoisotopic (exact) mass is 542 g/mol. The minimum absolute atomic E-state index is 0.116. The van der Waals surface area contributed by atoms with Gasteiger partial charge in [-0.05, 0) is 10.8 Å². The molecule has 26 heavy (non-hydrogen) atoms. The van der Waals surface area contributed by atoms with Crippen molar-refractivity contribution < 1.29 is 0 Å². The first-order chi connectivity index (χ1) is 12.2. The maximum Gasteiger partial charge on any atom is 0.0754 e. The smallest absolute Gasteiger partial charge is 0.0754 e. The van der Waals surface area contributed by atoms with Gasteiger partial charge in [0, 0.05) is 11.1 Å². The molecule has 0 spiro atoms. The van der Waals surface area contributed by atoms with E-state index in [9.17, 15) is 0 Å². The molecule has 0 heterocycles. The third-order valence-electron chi connectivity index (χ3n) is 3.10. The molecule has 0 N–H and O–H groups in total. The summed E-state index contributed by atoms with van der Waals surface area (Å²) in [4.78, 5) is 0.927. The molecule has 0 atom stereocenters. The zero-order chi connectivity index (χ0) is 19.8. The second kappa shape index (κ2) is 9.63. The summed E-state index contributed by atoms with van der Waals surface area (Å²) in [6.07, 6.45) is 0. The van der Waals surface area contributed by atoms with Gasteiger partial charge in [0.05, 0.1) is 50.0 Å². The van der Waals surface area contributed by atoms with Gasteiger partial charge in [-0.15, -0.1) is 0 Å². The van der Waals surface area contributed by atoms with Crippen molar-refractivity contribution in [1.82, 2.24) is 0 Å². The summed E-state index contributed by atoms with van der Waals surface area (Å²) < 4.78 is 0. The van der Waals surface area contributed by atoms with E-state index in [4.69, 9.17) is 92.8 Å². The summed E-state index contributed by atoms with van der Waals surface area (Å²) in [5.74, 6) is 0. The van der Waals surface area contributed by atoms with Gasteiger partial charge < -0.3 is 0 Å². The fourth-order valence-electron chi connectivity index (χ4n) is 2.04. The zero-order valence-electron chi connectivity index (χ0n) is 12.4. The third kappa shape index (κ3) is 4.11. The Labute approximate surface area is 199 Å². The van der Waals surface area contributed by atoms with E-state index in [2.05, 4.69) is 13.2 Å². The zero-order valence-corrected chi connectivity index (χ0v) is 20.1.